The number of H-pyrrole nitrogens is 1. The summed E-state index contributed by atoms with van der Waals surface area (Å²) in [5.74, 6) is 0.00753. The van der Waals surface area contributed by atoms with Gasteiger partial charge in [0.15, 0.2) is 0 Å². The molecule has 3 rings (SSSR count). The molecule has 0 unspecified atom stereocenters. The van der Waals surface area contributed by atoms with Crippen molar-refractivity contribution >= 4 is 5.91 Å². The zero-order chi connectivity index (χ0) is 14.8. The normalized spacial score (nSPS) is 24.2. The van der Waals surface area contributed by atoms with Gasteiger partial charge in [0.1, 0.15) is 11.8 Å². The Labute approximate surface area is 124 Å². The van der Waals surface area contributed by atoms with E-state index < -0.39 is 0 Å². The molecule has 1 aromatic rings. The molecule has 3 heterocycles. The molecule has 0 spiro atoms. The number of likely N-dealkylation sites (N-methyl/N-ethyl adjacent to an activating group) is 1. The Morgan fingerprint density at radius 3 is 2.76 bits per heavy atom. The third-order valence-electron chi connectivity index (χ3n) is 4.55. The summed E-state index contributed by atoms with van der Waals surface area (Å²) in [7, 11) is 2.15. The zero-order valence-corrected chi connectivity index (χ0v) is 12.4. The van der Waals surface area contributed by atoms with Crippen LogP contribution < -0.4 is 0 Å². The Bertz CT molecular complexity index is 553. The maximum absolute atomic E-state index is 12.4. The van der Waals surface area contributed by atoms with Crippen molar-refractivity contribution in [2.45, 2.75) is 12.5 Å². The summed E-state index contributed by atoms with van der Waals surface area (Å²) >= 11 is 0. The number of piperazine rings is 1. The van der Waals surface area contributed by atoms with Gasteiger partial charge >= 0.3 is 0 Å². The van der Waals surface area contributed by atoms with E-state index in [0.717, 1.165) is 45.7 Å². The number of hydrogen-bond acceptors (Lipinski definition) is 4. The molecule has 1 amide bonds. The van der Waals surface area contributed by atoms with Crippen molar-refractivity contribution in [3.05, 3.63) is 23.5 Å². The molecule has 1 atom stereocenters. The number of hydrogen-bond donors (Lipinski definition) is 1. The molecule has 0 aliphatic carbocycles. The highest BCUT2D eigenvalue weighted by Gasteiger charge is 2.32. The van der Waals surface area contributed by atoms with Crippen molar-refractivity contribution in [1.29, 1.82) is 5.26 Å². The summed E-state index contributed by atoms with van der Waals surface area (Å²) in [4.78, 5) is 22.1. The number of carbonyl (C=O) groups is 1. The van der Waals surface area contributed by atoms with Crippen LogP contribution in [0.5, 0.6) is 0 Å². The molecule has 2 saturated heterocycles. The Morgan fingerprint density at radius 2 is 2.10 bits per heavy atom. The molecule has 0 bridgehead atoms. The van der Waals surface area contributed by atoms with E-state index in [1.807, 2.05) is 11.0 Å². The number of likely N-dealkylation sites (tertiary alicyclic amines) is 1. The molecule has 2 aliphatic rings. The lowest BCUT2D eigenvalue weighted by Gasteiger charge is -2.36. The molecule has 1 N–H and O–H groups in total. The van der Waals surface area contributed by atoms with Gasteiger partial charge in [-0.1, -0.05) is 0 Å². The Kier molecular flexibility index (Phi) is 3.95. The largest absolute Gasteiger partial charge is 0.356 e. The van der Waals surface area contributed by atoms with Crippen LogP contribution in [0.4, 0.5) is 0 Å². The monoisotopic (exact) mass is 287 g/mol. The number of nitrogens with one attached hydrogen (secondary N) is 1. The molecule has 21 heavy (non-hydrogen) atoms. The van der Waals surface area contributed by atoms with Crippen molar-refractivity contribution in [2.24, 2.45) is 0 Å². The third kappa shape index (κ3) is 2.94. The maximum atomic E-state index is 12.4. The predicted molar refractivity (Wildman–Crippen MR) is 78.9 cm³/mol. The van der Waals surface area contributed by atoms with E-state index in [9.17, 15) is 4.79 Å². The van der Waals surface area contributed by atoms with Crippen LogP contribution in [0.3, 0.4) is 0 Å². The molecule has 112 valence electrons. The van der Waals surface area contributed by atoms with Crippen LogP contribution in [0.2, 0.25) is 0 Å². The minimum atomic E-state index is 0.00753. The van der Waals surface area contributed by atoms with E-state index in [1.165, 1.54) is 0 Å². The van der Waals surface area contributed by atoms with Gasteiger partial charge in [-0.25, -0.2) is 0 Å². The van der Waals surface area contributed by atoms with Crippen molar-refractivity contribution in [2.75, 3.05) is 46.3 Å². The van der Waals surface area contributed by atoms with Crippen LogP contribution in [0.15, 0.2) is 12.3 Å². The quantitative estimate of drug-likeness (QED) is 0.852. The Morgan fingerprint density at radius 1 is 1.33 bits per heavy atom. The first-order chi connectivity index (χ1) is 10.2. The van der Waals surface area contributed by atoms with Gasteiger partial charge in [0.2, 0.25) is 0 Å². The van der Waals surface area contributed by atoms with Crippen LogP contribution in [0.25, 0.3) is 0 Å². The highest BCUT2D eigenvalue weighted by Crippen LogP contribution is 2.19. The van der Waals surface area contributed by atoms with Crippen LogP contribution in [-0.2, 0) is 0 Å². The SMILES string of the molecule is CN1CCN([C@H]2CCN(C(=O)c3cc(C#N)c[nH]3)C2)CC1. The van der Waals surface area contributed by atoms with Gasteiger partial charge < -0.3 is 14.8 Å². The minimum absolute atomic E-state index is 0.00753. The lowest BCUT2D eigenvalue weighted by molar-refractivity contribution is 0.0750. The van der Waals surface area contributed by atoms with Gasteiger partial charge in [0.05, 0.1) is 5.56 Å². The lowest BCUT2D eigenvalue weighted by Crippen LogP contribution is -2.50. The summed E-state index contributed by atoms with van der Waals surface area (Å²) in [5.41, 5.74) is 1.03. The molecular weight excluding hydrogens is 266 g/mol. The molecule has 1 aromatic heterocycles. The van der Waals surface area contributed by atoms with E-state index in [2.05, 4.69) is 21.8 Å². The number of nitrogens with zero attached hydrogens (tertiary/aromatic N) is 4. The van der Waals surface area contributed by atoms with E-state index in [0.29, 0.717) is 17.3 Å². The number of rotatable bonds is 2. The number of aromatic amines is 1. The molecule has 2 aliphatic heterocycles. The summed E-state index contributed by atoms with van der Waals surface area (Å²) in [6.07, 6.45) is 2.63. The van der Waals surface area contributed by atoms with Crippen molar-refractivity contribution in [3.63, 3.8) is 0 Å². The highest BCUT2D eigenvalue weighted by atomic mass is 16.2. The first-order valence-electron chi connectivity index (χ1n) is 7.48. The predicted octanol–water partition coefficient (Wildman–Crippen LogP) is 0.348. The number of nitriles is 1. The van der Waals surface area contributed by atoms with Crippen molar-refractivity contribution in [1.82, 2.24) is 19.7 Å². The fourth-order valence-electron chi connectivity index (χ4n) is 3.16. The molecule has 0 radical (unpaired) electrons. The number of amides is 1. The minimum Gasteiger partial charge on any atom is -0.356 e. The summed E-state index contributed by atoms with van der Waals surface area (Å²) in [6, 6.07) is 4.15. The van der Waals surface area contributed by atoms with Crippen molar-refractivity contribution < 1.29 is 4.79 Å². The van der Waals surface area contributed by atoms with Gasteiger partial charge in [-0.2, -0.15) is 5.26 Å². The van der Waals surface area contributed by atoms with Crippen LogP contribution in [0.1, 0.15) is 22.5 Å². The van der Waals surface area contributed by atoms with Gasteiger partial charge in [-0.3, -0.25) is 9.69 Å². The maximum Gasteiger partial charge on any atom is 0.270 e. The smallest absolute Gasteiger partial charge is 0.270 e. The summed E-state index contributed by atoms with van der Waals surface area (Å²) in [5, 5.41) is 8.83. The fraction of sp³-hybridized carbons (Fsp3) is 0.600. The van der Waals surface area contributed by atoms with E-state index in [1.54, 1.807) is 12.3 Å². The van der Waals surface area contributed by atoms with Gasteiger partial charge in [-0.05, 0) is 19.5 Å². The third-order valence-corrected chi connectivity index (χ3v) is 4.55. The molecular formula is C15H21N5O. The molecule has 6 nitrogen and oxygen atoms in total. The van der Waals surface area contributed by atoms with Crippen molar-refractivity contribution in [3.8, 4) is 6.07 Å². The van der Waals surface area contributed by atoms with E-state index in [-0.39, 0.29) is 5.91 Å². The number of aromatic nitrogens is 1. The standard InChI is InChI=1S/C15H21N5O/c1-18-4-6-19(7-5-18)13-2-3-20(11-13)15(21)14-8-12(9-16)10-17-14/h8,10,13,17H,2-7,11H2,1H3/t13-/m0/s1. The van der Waals surface area contributed by atoms with Crippen LogP contribution in [-0.4, -0.2) is 77.9 Å². The molecule has 2 fully saturated rings. The highest BCUT2D eigenvalue weighted by molar-refractivity contribution is 5.93. The zero-order valence-electron chi connectivity index (χ0n) is 12.4. The second kappa shape index (κ2) is 5.88. The second-order valence-electron chi connectivity index (χ2n) is 5.95. The van der Waals surface area contributed by atoms with E-state index in [4.69, 9.17) is 5.26 Å². The average Bonchev–Trinajstić information content (AvgIpc) is 3.16. The Balaban J connectivity index is 1.59. The molecule has 0 aromatic carbocycles. The topological polar surface area (TPSA) is 66.4 Å². The average molecular weight is 287 g/mol. The fourth-order valence-corrected chi connectivity index (χ4v) is 3.16. The van der Waals surface area contributed by atoms with Gasteiger partial charge in [0.25, 0.3) is 5.91 Å². The lowest BCUT2D eigenvalue weighted by atomic mass is 10.2. The number of carbonyl (C=O) groups excluding carboxylic acids is 1. The van der Waals surface area contributed by atoms with Gasteiger partial charge in [0, 0.05) is 51.5 Å². The molecule has 0 saturated carbocycles. The molecule has 6 heteroatoms. The second-order valence-corrected chi connectivity index (χ2v) is 5.95. The van der Waals surface area contributed by atoms with Crippen LogP contribution in [0, 0.1) is 11.3 Å². The summed E-state index contributed by atoms with van der Waals surface area (Å²) in [6.45, 7) is 5.98. The Hall–Kier alpha value is -1.84. The van der Waals surface area contributed by atoms with Gasteiger partial charge in [-0.15, -0.1) is 0 Å². The summed E-state index contributed by atoms with van der Waals surface area (Å²) < 4.78 is 0. The van der Waals surface area contributed by atoms with E-state index >= 15 is 0 Å². The first-order valence-corrected chi connectivity index (χ1v) is 7.48. The first kappa shape index (κ1) is 14.1. The van der Waals surface area contributed by atoms with Crippen LogP contribution >= 0.6 is 0 Å².